The zero-order chi connectivity index (χ0) is 8.74. The summed E-state index contributed by atoms with van der Waals surface area (Å²) in [5.41, 5.74) is 0. The lowest BCUT2D eigenvalue weighted by molar-refractivity contribution is 0.606. The molecule has 64 valence electrons. The second kappa shape index (κ2) is 6.63. The first-order chi connectivity index (χ1) is 5.18. The van der Waals surface area contributed by atoms with Gasteiger partial charge in [-0.3, -0.25) is 0 Å². The van der Waals surface area contributed by atoms with E-state index in [2.05, 4.69) is 21.2 Å². The molecule has 0 spiro atoms. The summed E-state index contributed by atoms with van der Waals surface area (Å²) in [6, 6.07) is 0. The molecule has 0 bridgehead atoms. The maximum atomic E-state index is 10.2. The first-order valence-corrected chi connectivity index (χ1v) is 9.80. The smallest absolute Gasteiger partial charge is 0.0127 e. The van der Waals surface area contributed by atoms with Crippen molar-refractivity contribution in [2.45, 2.75) is 0 Å². The van der Waals surface area contributed by atoms with Crippen LogP contribution >= 0.6 is 28.4 Å². The van der Waals surface area contributed by atoms with Gasteiger partial charge in [0.1, 0.15) is 0 Å². The van der Waals surface area contributed by atoms with Crippen molar-refractivity contribution in [2.75, 3.05) is 15.3 Å². The Morgan fingerprint density at radius 3 is 1.36 bits per heavy atom. The van der Waals surface area contributed by atoms with Crippen LogP contribution in [0.2, 0.25) is 0 Å². The minimum absolute atomic E-state index is 0.401. The third kappa shape index (κ3) is 5.39. The Balaban J connectivity index is 4.09. The van der Waals surface area contributed by atoms with Gasteiger partial charge < -0.3 is 0 Å². The van der Waals surface area contributed by atoms with E-state index in [0.717, 1.165) is 0 Å². The van der Waals surface area contributed by atoms with Gasteiger partial charge in [-0.2, -0.15) is 0 Å². The summed E-state index contributed by atoms with van der Waals surface area (Å²) >= 11 is 3.49. The summed E-state index contributed by atoms with van der Waals surface area (Å²) in [6.45, 7) is 0. The molecule has 3 nitrogen and oxygen atoms in total. The van der Waals surface area contributed by atoms with Crippen molar-refractivity contribution in [3.8, 4) is 0 Å². The topological polar surface area (TPSA) is 51.2 Å². The van der Waals surface area contributed by atoms with Crippen LogP contribution in [0.4, 0.5) is 0 Å². The van der Waals surface area contributed by atoms with E-state index >= 15 is 0 Å². The largest absolute Gasteiger partial charge is 0.469 e. The molecule has 0 radical (unpaired) electrons. The average molecular weight is 345 g/mol. The van der Waals surface area contributed by atoms with Gasteiger partial charge >= 0.3 is 35.0 Å². The molecule has 0 saturated heterocycles. The van der Waals surface area contributed by atoms with Crippen LogP contribution in [0.3, 0.4) is 0 Å². The highest BCUT2D eigenvalue weighted by atomic mass is 127. The van der Waals surface area contributed by atoms with E-state index in [1.807, 2.05) is 0 Å². The van der Waals surface area contributed by atoms with E-state index in [-0.39, 0.29) is 0 Å². The van der Waals surface area contributed by atoms with E-state index in [4.69, 9.17) is 0 Å². The number of hydrogen-bond acceptors (Lipinski definition) is 3. The molecule has 11 heavy (non-hydrogen) atoms. The molecule has 0 unspecified atom stereocenters. The Hall–Kier alpha value is 1.14. The van der Waals surface area contributed by atoms with Crippen molar-refractivity contribution in [2.24, 2.45) is 0 Å². The summed E-state index contributed by atoms with van der Waals surface area (Å²) < 4.78 is 30.6. The van der Waals surface area contributed by atoms with Crippen molar-refractivity contribution >= 4 is 63.4 Å². The molecular formula is C3H6IO3S4+3. The van der Waals surface area contributed by atoms with E-state index < -0.39 is 7.20 Å². The van der Waals surface area contributed by atoms with Crippen LogP contribution in [-0.4, -0.2) is 15.3 Å². The second-order valence-electron chi connectivity index (χ2n) is 1.65. The molecule has 0 aliphatic heterocycles. The Morgan fingerprint density at radius 1 is 0.909 bits per heavy atom. The lowest BCUT2D eigenvalue weighted by Gasteiger charge is -2.07. The maximum Gasteiger partial charge on any atom is 0.469 e. The van der Waals surface area contributed by atoms with Gasteiger partial charge in [-0.15, -0.1) is 0 Å². The zero-order valence-corrected chi connectivity index (χ0v) is 10.8. The van der Waals surface area contributed by atoms with Crippen LogP contribution in [-0.2, 0) is 47.6 Å². The number of hydrogen-bond donors (Lipinski definition) is 0. The standard InChI is InChI=1S/C3H6IO3S4/c4-11(1-8-5,2-9-6)3-10-7/h1-3H2/q+3. The van der Waals surface area contributed by atoms with Crippen molar-refractivity contribution < 1.29 is 12.6 Å². The molecule has 0 N–H and O–H groups in total. The van der Waals surface area contributed by atoms with Gasteiger partial charge in [0.25, 0.3) is 15.3 Å². The van der Waals surface area contributed by atoms with Gasteiger partial charge in [-0.25, -0.2) is 0 Å². The summed E-state index contributed by atoms with van der Waals surface area (Å²) in [4.78, 5) is 0. The molecular weight excluding hydrogens is 339 g/mol. The fraction of sp³-hybridized carbons (Fsp3) is 1.00. The Bertz CT molecular complexity index is 136. The molecule has 0 amide bonds. The summed E-state index contributed by atoms with van der Waals surface area (Å²) in [7, 11) is -1.27. The highest BCUT2D eigenvalue weighted by Gasteiger charge is 2.39. The molecule has 8 heteroatoms. The van der Waals surface area contributed by atoms with Crippen LogP contribution in [0, 0.1) is 0 Å². The lowest BCUT2D eigenvalue weighted by atomic mass is 11.8. The van der Waals surface area contributed by atoms with Crippen molar-refractivity contribution in [3.63, 3.8) is 0 Å². The van der Waals surface area contributed by atoms with Crippen molar-refractivity contribution in [1.82, 2.24) is 0 Å². The SMILES string of the molecule is O=[S+]CS(I)(C[S+]=O)C[S+]=O. The summed E-state index contributed by atoms with van der Waals surface area (Å²) in [5.74, 6) is 0. The minimum atomic E-state index is -1.27. The Labute approximate surface area is 90.5 Å². The molecule has 0 rings (SSSR count). The van der Waals surface area contributed by atoms with Crippen LogP contribution < -0.4 is 0 Å². The third-order valence-electron chi connectivity index (χ3n) is 0.778. The number of rotatable bonds is 6. The summed E-state index contributed by atoms with van der Waals surface area (Å²) in [6.07, 6.45) is 0. The normalized spacial score (nSPS) is 12.1. The van der Waals surface area contributed by atoms with E-state index in [1.54, 1.807) is 0 Å². The quantitative estimate of drug-likeness (QED) is 0.539. The Kier molecular flexibility index (Phi) is 7.32. The second-order valence-corrected chi connectivity index (χ2v) is 12.7. The van der Waals surface area contributed by atoms with Gasteiger partial charge in [-0.05, 0) is 28.4 Å². The predicted molar refractivity (Wildman–Crippen MR) is 60.4 cm³/mol. The third-order valence-corrected chi connectivity index (χ3v) is 13.9. The molecule has 0 aliphatic carbocycles. The number of halogens is 1. The molecule has 0 saturated carbocycles. The Morgan fingerprint density at radius 2 is 1.18 bits per heavy atom. The molecule has 0 atom stereocenters. The van der Waals surface area contributed by atoms with Gasteiger partial charge in [0.05, 0.1) is 0 Å². The van der Waals surface area contributed by atoms with Gasteiger partial charge in [0, 0.05) is 12.6 Å². The molecule has 0 aromatic rings. The fourth-order valence-electron chi connectivity index (χ4n) is 0.361. The van der Waals surface area contributed by atoms with Gasteiger partial charge in [0.15, 0.2) is 0 Å². The van der Waals surface area contributed by atoms with Crippen LogP contribution in [0.25, 0.3) is 0 Å². The highest BCUT2D eigenvalue weighted by molar-refractivity contribution is 14.2. The van der Waals surface area contributed by atoms with Gasteiger partial charge in [0.2, 0.25) is 0 Å². The van der Waals surface area contributed by atoms with E-state index in [1.165, 1.54) is 0 Å². The fourth-order valence-corrected chi connectivity index (χ4v) is 7.89. The first kappa shape index (κ1) is 12.1. The molecule has 0 aromatic heterocycles. The monoisotopic (exact) mass is 345 g/mol. The van der Waals surface area contributed by atoms with Crippen LogP contribution in [0.5, 0.6) is 0 Å². The highest BCUT2D eigenvalue weighted by Crippen LogP contribution is 2.55. The molecule has 0 fully saturated rings. The molecule has 0 aliphatic rings. The maximum absolute atomic E-state index is 10.2. The van der Waals surface area contributed by atoms with E-state index in [0.29, 0.717) is 50.3 Å². The first-order valence-electron chi connectivity index (χ1n) is 2.39. The predicted octanol–water partition coefficient (Wildman–Crippen LogP) is 1.30. The molecule has 0 heterocycles. The van der Waals surface area contributed by atoms with Gasteiger partial charge in [-0.1, -0.05) is 0 Å². The van der Waals surface area contributed by atoms with Crippen molar-refractivity contribution in [1.29, 1.82) is 0 Å². The van der Waals surface area contributed by atoms with Crippen molar-refractivity contribution in [3.05, 3.63) is 0 Å². The zero-order valence-electron chi connectivity index (χ0n) is 5.36. The minimum Gasteiger partial charge on any atom is -0.0127 e. The molecule has 0 aromatic carbocycles. The average Bonchev–Trinajstić information content (AvgIpc) is 1.88. The summed E-state index contributed by atoms with van der Waals surface area (Å²) in [5, 5.41) is 1.20. The lowest BCUT2D eigenvalue weighted by Crippen LogP contribution is -2.04. The van der Waals surface area contributed by atoms with Crippen LogP contribution in [0.1, 0.15) is 0 Å². The van der Waals surface area contributed by atoms with E-state index in [9.17, 15) is 12.6 Å². The van der Waals surface area contributed by atoms with Crippen LogP contribution in [0.15, 0.2) is 0 Å².